The van der Waals surface area contributed by atoms with Gasteiger partial charge in [-0.3, -0.25) is 9.78 Å². The van der Waals surface area contributed by atoms with Crippen molar-refractivity contribution in [3.05, 3.63) is 47.8 Å². The van der Waals surface area contributed by atoms with Crippen LogP contribution in [0.15, 0.2) is 36.7 Å². The number of hydrogen-bond donors (Lipinski definition) is 2. The molecule has 5 heteroatoms. The normalized spacial score (nSPS) is 10.0. The minimum Gasteiger partial charge on any atom is -0.496 e. The van der Waals surface area contributed by atoms with Crippen LogP contribution in [0.2, 0.25) is 0 Å². The van der Waals surface area contributed by atoms with Gasteiger partial charge in [-0.1, -0.05) is 0 Å². The highest BCUT2D eigenvalue weighted by molar-refractivity contribution is 6.07. The molecule has 1 aromatic carbocycles. The molecular formula is C14H15N3O2. The van der Waals surface area contributed by atoms with E-state index in [0.717, 1.165) is 5.56 Å². The van der Waals surface area contributed by atoms with Gasteiger partial charge >= 0.3 is 0 Å². The van der Waals surface area contributed by atoms with Gasteiger partial charge in [0.1, 0.15) is 5.75 Å². The van der Waals surface area contributed by atoms with E-state index in [1.807, 2.05) is 13.0 Å². The van der Waals surface area contributed by atoms with Crippen LogP contribution in [-0.2, 0) is 0 Å². The minimum absolute atomic E-state index is 0.278. The van der Waals surface area contributed by atoms with E-state index in [2.05, 4.69) is 10.3 Å². The van der Waals surface area contributed by atoms with E-state index in [1.54, 1.807) is 30.6 Å². The van der Waals surface area contributed by atoms with Gasteiger partial charge in [-0.2, -0.15) is 0 Å². The molecule has 0 fully saturated rings. The van der Waals surface area contributed by atoms with Crippen molar-refractivity contribution in [2.24, 2.45) is 0 Å². The number of nitrogens with zero attached hydrogens (tertiary/aromatic N) is 1. The van der Waals surface area contributed by atoms with Crippen molar-refractivity contribution >= 4 is 17.3 Å². The van der Waals surface area contributed by atoms with Crippen LogP contribution in [0.3, 0.4) is 0 Å². The maximum atomic E-state index is 12.2. The van der Waals surface area contributed by atoms with E-state index in [0.29, 0.717) is 22.7 Å². The average molecular weight is 257 g/mol. The van der Waals surface area contributed by atoms with Gasteiger partial charge in [0.2, 0.25) is 0 Å². The van der Waals surface area contributed by atoms with Gasteiger partial charge in [0, 0.05) is 11.9 Å². The molecule has 0 spiro atoms. The number of amides is 1. The van der Waals surface area contributed by atoms with Gasteiger partial charge in [-0.05, 0) is 36.8 Å². The Labute approximate surface area is 111 Å². The summed E-state index contributed by atoms with van der Waals surface area (Å²) in [7, 11) is 1.51. The zero-order chi connectivity index (χ0) is 13.8. The second-order valence-corrected chi connectivity index (χ2v) is 4.10. The molecule has 0 bridgehead atoms. The number of methoxy groups -OCH3 is 1. The molecule has 1 amide bonds. The number of nitrogens with one attached hydrogen (secondary N) is 1. The summed E-state index contributed by atoms with van der Waals surface area (Å²) >= 11 is 0. The third kappa shape index (κ3) is 2.82. The number of nitrogen functional groups attached to an aromatic ring is 1. The maximum absolute atomic E-state index is 12.2. The molecule has 2 rings (SSSR count). The predicted octanol–water partition coefficient (Wildman–Crippen LogP) is 2.23. The Bertz CT molecular complexity index is 611. The molecule has 1 heterocycles. The minimum atomic E-state index is -0.278. The maximum Gasteiger partial charge on any atom is 0.259 e. The van der Waals surface area contributed by atoms with E-state index in [9.17, 15) is 4.79 Å². The number of aryl methyl sites for hydroxylation is 1. The first-order valence-corrected chi connectivity index (χ1v) is 5.77. The SMILES string of the molecule is COc1ccc(N)cc1C(=O)Nc1cnccc1C. The lowest BCUT2D eigenvalue weighted by Crippen LogP contribution is -2.14. The van der Waals surface area contributed by atoms with Gasteiger partial charge < -0.3 is 15.8 Å². The molecule has 2 aromatic rings. The van der Waals surface area contributed by atoms with Crippen molar-refractivity contribution < 1.29 is 9.53 Å². The van der Waals surface area contributed by atoms with Crippen molar-refractivity contribution in [2.75, 3.05) is 18.2 Å². The first kappa shape index (κ1) is 12.9. The van der Waals surface area contributed by atoms with Gasteiger partial charge in [-0.25, -0.2) is 0 Å². The van der Waals surface area contributed by atoms with Crippen LogP contribution in [0.5, 0.6) is 5.75 Å². The van der Waals surface area contributed by atoms with Crippen LogP contribution in [0.1, 0.15) is 15.9 Å². The van der Waals surface area contributed by atoms with Crippen LogP contribution in [-0.4, -0.2) is 18.0 Å². The molecule has 0 unspecified atom stereocenters. The molecule has 5 nitrogen and oxygen atoms in total. The van der Waals surface area contributed by atoms with Crippen molar-refractivity contribution in [2.45, 2.75) is 6.92 Å². The summed E-state index contributed by atoms with van der Waals surface area (Å²) in [5.74, 6) is 0.202. The van der Waals surface area contributed by atoms with Crippen LogP contribution < -0.4 is 15.8 Å². The van der Waals surface area contributed by atoms with E-state index in [-0.39, 0.29) is 5.91 Å². The summed E-state index contributed by atoms with van der Waals surface area (Å²) in [6.07, 6.45) is 3.28. The Hall–Kier alpha value is -2.56. The largest absolute Gasteiger partial charge is 0.496 e. The number of hydrogen-bond acceptors (Lipinski definition) is 4. The molecule has 98 valence electrons. The molecule has 1 aromatic heterocycles. The molecule has 0 saturated heterocycles. The Kier molecular flexibility index (Phi) is 3.66. The smallest absolute Gasteiger partial charge is 0.259 e. The van der Waals surface area contributed by atoms with E-state index < -0.39 is 0 Å². The molecule has 0 aliphatic carbocycles. The fourth-order valence-corrected chi connectivity index (χ4v) is 1.69. The third-order valence-electron chi connectivity index (χ3n) is 2.76. The monoisotopic (exact) mass is 257 g/mol. The lowest BCUT2D eigenvalue weighted by molar-refractivity contribution is 0.102. The number of carbonyl (C=O) groups is 1. The molecule has 0 radical (unpaired) electrons. The number of ether oxygens (including phenoxy) is 1. The second kappa shape index (κ2) is 5.39. The summed E-state index contributed by atoms with van der Waals surface area (Å²) < 4.78 is 5.16. The fourth-order valence-electron chi connectivity index (χ4n) is 1.69. The Balaban J connectivity index is 2.30. The molecule has 0 aliphatic heterocycles. The zero-order valence-electron chi connectivity index (χ0n) is 10.8. The van der Waals surface area contributed by atoms with E-state index >= 15 is 0 Å². The number of carbonyl (C=O) groups excluding carboxylic acids is 1. The van der Waals surface area contributed by atoms with Crippen molar-refractivity contribution in [3.63, 3.8) is 0 Å². The van der Waals surface area contributed by atoms with E-state index in [1.165, 1.54) is 7.11 Å². The number of benzene rings is 1. The van der Waals surface area contributed by atoms with Crippen molar-refractivity contribution in [1.82, 2.24) is 4.98 Å². The zero-order valence-corrected chi connectivity index (χ0v) is 10.8. The van der Waals surface area contributed by atoms with Crippen molar-refractivity contribution in [3.8, 4) is 5.75 Å². The fraction of sp³-hybridized carbons (Fsp3) is 0.143. The summed E-state index contributed by atoms with van der Waals surface area (Å²) in [6, 6.07) is 6.76. The average Bonchev–Trinajstić information content (AvgIpc) is 2.41. The topological polar surface area (TPSA) is 77.2 Å². The van der Waals surface area contributed by atoms with Crippen LogP contribution in [0.4, 0.5) is 11.4 Å². The number of nitrogens with two attached hydrogens (primary N) is 1. The first-order chi connectivity index (χ1) is 9.11. The molecule has 3 N–H and O–H groups in total. The number of pyridine rings is 1. The Morgan fingerprint density at radius 3 is 2.84 bits per heavy atom. The van der Waals surface area contributed by atoms with E-state index in [4.69, 9.17) is 10.5 Å². The number of rotatable bonds is 3. The Morgan fingerprint density at radius 2 is 2.16 bits per heavy atom. The third-order valence-corrected chi connectivity index (χ3v) is 2.76. The van der Waals surface area contributed by atoms with Gasteiger partial charge in [-0.15, -0.1) is 0 Å². The van der Waals surface area contributed by atoms with Crippen LogP contribution in [0, 0.1) is 6.92 Å². The summed E-state index contributed by atoms with van der Waals surface area (Å²) in [6.45, 7) is 1.90. The van der Waals surface area contributed by atoms with Crippen molar-refractivity contribution in [1.29, 1.82) is 0 Å². The molecular weight excluding hydrogens is 242 g/mol. The standard InChI is InChI=1S/C14H15N3O2/c1-9-5-6-16-8-12(9)17-14(18)11-7-10(15)3-4-13(11)19-2/h3-8H,15H2,1-2H3,(H,17,18). The quantitative estimate of drug-likeness (QED) is 0.827. The second-order valence-electron chi connectivity index (χ2n) is 4.10. The lowest BCUT2D eigenvalue weighted by Gasteiger charge is -2.11. The lowest BCUT2D eigenvalue weighted by atomic mass is 10.1. The summed E-state index contributed by atoms with van der Waals surface area (Å²) in [4.78, 5) is 16.2. The molecule has 0 aliphatic rings. The number of aromatic nitrogens is 1. The first-order valence-electron chi connectivity index (χ1n) is 5.77. The highest BCUT2D eigenvalue weighted by Gasteiger charge is 2.13. The predicted molar refractivity (Wildman–Crippen MR) is 74.3 cm³/mol. The highest BCUT2D eigenvalue weighted by atomic mass is 16.5. The van der Waals surface area contributed by atoms with Crippen LogP contribution >= 0.6 is 0 Å². The van der Waals surface area contributed by atoms with Gasteiger partial charge in [0.05, 0.1) is 24.6 Å². The van der Waals surface area contributed by atoms with Crippen LogP contribution in [0.25, 0.3) is 0 Å². The summed E-state index contributed by atoms with van der Waals surface area (Å²) in [5.41, 5.74) is 8.20. The highest BCUT2D eigenvalue weighted by Crippen LogP contribution is 2.22. The number of anilines is 2. The molecule has 0 atom stereocenters. The Morgan fingerprint density at radius 1 is 1.37 bits per heavy atom. The molecule has 0 saturated carbocycles. The summed E-state index contributed by atoms with van der Waals surface area (Å²) in [5, 5.41) is 2.79. The molecule has 19 heavy (non-hydrogen) atoms. The van der Waals surface area contributed by atoms with Gasteiger partial charge in [0.25, 0.3) is 5.91 Å². The van der Waals surface area contributed by atoms with Gasteiger partial charge in [0.15, 0.2) is 0 Å².